The number of carbonyl (C=O) groups excluding carboxylic acids is 2. The number of esters is 1. The molecule has 6 nitrogen and oxygen atoms in total. The number of benzene rings is 1. The van der Waals surface area contributed by atoms with Crippen LogP contribution in [0.5, 0.6) is 0 Å². The van der Waals surface area contributed by atoms with Crippen LogP contribution in [0.15, 0.2) is 42.6 Å². The van der Waals surface area contributed by atoms with Gasteiger partial charge >= 0.3 is 12.1 Å². The highest BCUT2D eigenvalue weighted by molar-refractivity contribution is 5.96. The number of rotatable bonds is 5. The van der Waals surface area contributed by atoms with Crippen LogP contribution < -0.4 is 5.32 Å². The van der Waals surface area contributed by atoms with Crippen LogP contribution in [0.1, 0.15) is 35.7 Å². The Morgan fingerprint density at radius 1 is 1.27 bits per heavy atom. The molecule has 1 aliphatic rings. The zero-order valence-corrected chi connectivity index (χ0v) is 16.4. The van der Waals surface area contributed by atoms with E-state index in [0.29, 0.717) is 19.0 Å². The maximum atomic E-state index is 12.9. The van der Waals surface area contributed by atoms with Crippen LogP contribution in [-0.4, -0.2) is 41.5 Å². The number of nitrogens with one attached hydrogen (secondary N) is 1. The van der Waals surface area contributed by atoms with Crippen molar-refractivity contribution in [3.63, 3.8) is 0 Å². The first-order valence-electron chi connectivity index (χ1n) is 9.58. The summed E-state index contributed by atoms with van der Waals surface area (Å²) in [6, 6.07) is 7.49. The van der Waals surface area contributed by atoms with Crippen molar-refractivity contribution in [3.05, 3.63) is 53.7 Å². The molecule has 1 fully saturated rings. The SMILES string of the molecule is C[C@H]1CCCN(C(=O)COC(=O)c2cccnc2Nc2cccc(C(F)(F)F)c2)C1. The molecule has 1 aliphatic heterocycles. The van der Waals surface area contributed by atoms with Crippen molar-refractivity contribution in [2.75, 3.05) is 25.0 Å². The van der Waals surface area contributed by atoms with E-state index in [9.17, 15) is 22.8 Å². The number of nitrogens with zero attached hydrogens (tertiary/aromatic N) is 2. The van der Waals surface area contributed by atoms with E-state index in [4.69, 9.17) is 4.74 Å². The van der Waals surface area contributed by atoms with Crippen LogP contribution in [0.25, 0.3) is 0 Å². The van der Waals surface area contributed by atoms with Crippen molar-refractivity contribution in [1.29, 1.82) is 0 Å². The highest BCUT2D eigenvalue weighted by atomic mass is 19.4. The topological polar surface area (TPSA) is 71.5 Å². The maximum Gasteiger partial charge on any atom is 0.416 e. The highest BCUT2D eigenvalue weighted by Crippen LogP contribution is 2.31. The number of hydrogen-bond acceptors (Lipinski definition) is 5. The summed E-state index contributed by atoms with van der Waals surface area (Å²) in [6.45, 7) is 2.93. The highest BCUT2D eigenvalue weighted by Gasteiger charge is 2.30. The van der Waals surface area contributed by atoms with Crippen LogP contribution in [0, 0.1) is 5.92 Å². The Morgan fingerprint density at radius 3 is 2.80 bits per heavy atom. The van der Waals surface area contributed by atoms with E-state index >= 15 is 0 Å². The number of aromatic nitrogens is 1. The lowest BCUT2D eigenvalue weighted by molar-refractivity contribution is -0.137. The van der Waals surface area contributed by atoms with Gasteiger partial charge in [-0.25, -0.2) is 9.78 Å². The Kier molecular flexibility index (Phi) is 6.59. The lowest BCUT2D eigenvalue weighted by Gasteiger charge is -2.30. The van der Waals surface area contributed by atoms with Gasteiger partial charge in [0.05, 0.1) is 5.56 Å². The van der Waals surface area contributed by atoms with E-state index in [1.165, 1.54) is 30.5 Å². The minimum Gasteiger partial charge on any atom is -0.452 e. The van der Waals surface area contributed by atoms with Crippen molar-refractivity contribution in [2.45, 2.75) is 25.9 Å². The summed E-state index contributed by atoms with van der Waals surface area (Å²) < 4.78 is 43.9. The molecule has 0 unspecified atom stereocenters. The largest absolute Gasteiger partial charge is 0.452 e. The second-order valence-electron chi connectivity index (χ2n) is 7.27. The fourth-order valence-electron chi connectivity index (χ4n) is 3.29. The molecule has 1 aromatic carbocycles. The van der Waals surface area contributed by atoms with Crippen LogP contribution in [0.3, 0.4) is 0 Å². The average molecular weight is 421 g/mol. The van der Waals surface area contributed by atoms with E-state index in [1.54, 1.807) is 4.90 Å². The van der Waals surface area contributed by atoms with Crippen molar-refractivity contribution < 1.29 is 27.5 Å². The summed E-state index contributed by atoms with van der Waals surface area (Å²) in [5.74, 6) is -0.608. The first-order valence-corrected chi connectivity index (χ1v) is 9.58. The van der Waals surface area contributed by atoms with Gasteiger partial charge in [-0.1, -0.05) is 13.0 Å². The molecule has 1 amide bonds. The fourth-order valence-corrected chi connectivity index (χ4v) is 3.29. The number of amides is 1. The smallest absolute Gasteiger partial charge is 0.416 e. The summed E-state index contributed by atoms with van der Waals surface area (Å²) in [4.78, 5) is 30.5. The molecule has 2 aromatic rings. The van der Waals surface area contributed by atoms with Crippen LogP contribution in [0.4, 0.5) is 24.7 Å². The molecule has 0 bridgehead atoms. The molecule has 30 heavy (non-hydrogen) atoms. The number of carbonyl (C=O) groups is 2. The minimum absolute atomic E-state index is 0.0229. The number of piperidine rings is 1. The number of likely N-dealkylation sites (tertiary alicyclic amines) is 1. The average Bonchev–Trinajstić information content (AvgIpc) is 2.72. The van der Waals surface area contributed by atoms with Crippen molar-refractivity contribution >= 4 is 23.4 Å². The van der Waals surface area contributed by atoms with Crippen LogP contribution >= 0.6 is 0 Å². The Bertz CT molecular complexity index is 918. The van der Waals surface area contributed by atoms with E-state index in [2.05, 4.69) is 17.2 Å². The molecule has 1 saturated heterocycles. The second kappa shape index (κ2) is 9.15. The van der Waals surface area contributed by atoms with E-state index in [-0.39, 0.29) is 23.0 Å². The molecule has 0 radical (unpaired) electrons. The van der Waals surface area contributed by atoms with Gasteiger partial charge in [-0.15, -0.1) is 0 Å². The van der Waals surface area contributed by atoms with E-state index in [1.807, 2.05) is 0 Å². The number of halogens is 3. The molecule has 1 aromatic heterocycles. The minimum atomic E-state index is -4.49. The zero-order valence-electron chi connectivity index (χ0n) is 16.4. The van der Waals surface area contributed by atoms with E-state index < -0.39 is 24.3 Å². The molecular weight excluding hydrogens is 399 g/mol. The van der Waals surface area contributed by atoms with Gasteiger partial charge in [-0.3, -0.25) is 4.79 Å². The molecule has 0 aliphatic carbocycles. The van der Waals surface area contributed by atoms with Gasteiger partial charge in [0.2, 0.25) is 0 Å². The molecule has 160 valence electrons. The lowest BCUT2D eigenvalue weighted by Crippen LogP contribution is -2.41. The number of anilines is 2. The Morgan fingerprint density at radius 2 is 2.07 bits per heavy atom. The first-order chi connectivity index (χ1) is 14.2. The van der Waals surface area contributed by atoms with Crippen molar-refractivity contribution in [3.8, 4) is 0 Å². The molecule has 1 N–H and O–H groups in total. The molecule has 3 rings (SSSR count). The van der Waals surface area contributed by atoms with Gasteiger partial charge in [0.1, 0.15) is 11.4 Å². The normalized spacial score (nSPS) is 16.8. The quantitative estimate of drug-likeness (QED) is 0.731. The van der Waals surface area contributed by atoms with Crippen LogP contribution in [0.2, 0.25) is 0 Å². The molecular formula is C21H22F3N3O3. The number of ether oxygens (including phenoxy) is 1. The van der Waals surface area contributed by atoms with Crippen molar-refractivity contribution in [1.82, 2.24) is 9.88 Å². The molecule has 1 atom stereocenters. The fraction of sp³-hybridized carbons (Fsp3) is 0.381. The number of pyridine rings is 1. The van der Waals surface area contributed by atoms with Gasteiger partial charge in [0, 0.05) is 25.0 Å². The maximum absolute atomic E-state index is 12.9. The third-order valence-corrected chi connectivity index (χ3v) is 4.82. The summed E-state index contributed by atoms with van der Waals surface area (Å²) in [6.07, 6.45) is -1.12. The van der Waals surface area contributed by atoms with Crippen LogP contribution in [-0.2, 0) is 15.7 Å². The van der Waals surface area contributed by atoms with Gasteiger partial charge in [0.15, 0.2) is 6.61 Å². The molecule has 9 heteroatoms. The summed E-state index contributed by atoms with van der Waals surface area (Å²) in [5.41, 5.74) is -0.681. The standard InChI is InChI=1S/C21H22F3N3O3/c1-14-5-4-10-27(12-14)18(28)13-30-20(29)17-8-3-9-25-19(17)26-16-7-2-6-15(11-16)21(22,23)24/h2-3,6-9,11,14H,4-5,10,12-13H2,1H3,(H,25,26)/t14-/m0/s1. The molecule has 0 saturated carbocycles. The summed E-state index contributed by atoms with van der Waals surface area (Å²) in [7, 11) is 0. The molecule has 2 heterocycles. The third kappa shape index (κ3) is 5.49. The summed E-state index contributed by atoms with van der Waals surface area (Å²) in [5, 5.41) is 2.72. The van der Waals surface area contributed by atoms with E-state index in [0.717, 1.165) is 25.0 Å². The Hall–Kier alpha value is -3.10. The third-order valence-electron chi connectivity index (χ3n) is 4.82. The summed E-state index contributed by atoms with van der Waals surface area (Å²) >= 11 is 0. The Balaban J connectivity index is 1.67. The second-order valence-corrected chi connectivity index (χ2v) is 7.27. The molecule has 0 spiro atoms. The van der Waals surface area contributed by atoms with Crippen molar-refractivity contribution in [2.24, 2.45) is 5.92 Å². The Labute approximate surface area is 172 Å². The van der Waals surface area contributed by atoms with Gasteiger partial charge < -0.3 is 15.0 Å². The van der Waals surface area contributed by atoms with Gasteiger partial charge in [-0.05, 0) is 49.1 Å². The van der Waals surface area contributed by atoms with Gasteiger partial charge in [-0.2, -0.15) is 13.2 Å². The zero-order chi connectivity index (χ0) is 21.7. The first kappa shape index (κ1) is 21.6. The predicted molar refractivity (Wildman–Crippen MR) is 104 cm³/mol. The number of alkyl halides is 3. The lowest BCUT2D eigenvalue weighted by atomic mass is 10.0. The monoisotopic (exact) mass is 421 g/mol. The predicted octanol–water partition coefficient (Wildman–Crippen LogP) is 4.26. The van der Waals surface area contributed by atoms with Gasteiger partial charge in [0.25, 0.3) is 5.91 Å². The number of hydrogen-bond donors (Lipinski definition) is 1.